The van der Waals surface area contributed by atoms with E-state index in [2.05, 4.69) is 15.3 Å². The monoisotopic (exact) mass is 291 g/mol. The molecule has 1 aromatic heterocycles. The second kappa shape index (κ2) is 5.11. The minimum absolute atomic E-state index is 0.579. The Morgan fingerprint density at radius 2 is 1.95 bits per heavy atom. The fourth-order valence-corrected chi connectivity index (χ4v) is 2.38. The molecule has 0 saturated heterocycles. The molecule has 0 bridgehead atoms. The Hall–Kier alpha value is -1.71. The maximum absolute atomic E-state index is 6.10. The number of aromatic amines is 1. The lowest BCUT2D eigenvalue weighted by Gasteiger charge is -2.06. The van der Waals surface area contributed by atoms with Crippen molar-refractivity contribution in [3.8, 4) is 0 Å². The molecular formula is C14H11Cl2N3. The van der Waals surface area contributed by atoms with Crippen LogP contribution in [0.2, 0.25) is 10.0 Å². The van der Waals surface area contributed by atoms with E-state index in [4.69, 9.17) is 23.2 Å². The van der Waals surface area contributed by atoms with Crippen molar-refractivity contribution in [1.82, 2.24) is 9.97 Å². The Bertz CT molecular complexity index is 689. The van der Waals surface area contributed by atoms with Crippen LogP contribution in [0, 0.1) is 0 Å². The number of anilines is 1. The van der Waals surface area contributed by atoms with Crippen molar-refractivity contribution < 1.29 is 0 Å². The van der Waals surface area contributed by atoms with Crippen molar-refractivity contribution in [1.29, 1.82) is 0 Å². The summed E-state index contributed by atoms with van der Waals surface area (Å²) in [7, 11) is 0. The summed E-state index contributed by atoms with van der Waals surface area (Å²) in [5.41, 5.74) is 2.83. The smallest absolute Gasteiger partial charge is 0.126 e. The van der Waals surface area contributed by atoms with Crippen molar-refractivity contribution in [2.45, 2.75) is 6.54 Å². The van der Waals surface area contributed by atoms with E-state index in [0.29, 0.717) is 16.6 Å². The van der Waals surface area contributed by atoms with Gasteiger partial charge >= 0.3 is 0 Å². The van der Waals surface area contributed by atoms with Gasteiger partial charge in [0.25, 0.3) is 0 Å². The first-order chi connectivity index (χ1) is 9.22. The maximum atomic E-state index is 6.10. The summed E-state index contributed by atoms with van der Waals surface area (Å²) < 4.78 is 0. The summed E-state index contributed by atoms with van der Waals surface area (Å²) in [6.45, 7) is 0.579. The fourth-order valence-electron chi connectivity index (χ4n) is 1.90. The van der Waals surface area contributed by atoms with E-state index in [0.717, 1.165) is 22.5 Å². The van der Waals surface area contributed by atoms with Crippen LogP contribution < -0.4 is 5.32 Å². The van der Waals surface area contributed by atoms with Gasteiger partial charge in [-0.1, -0.05) is 35.3 Å². The van der Waals surface area contributed by atoms with Crippen LogP contribution in [0.1, 0.15) is 5.82 Å². The molecule has 0 unspecified atom stereocenters. The van der Waals surface area contributed by atoms with E-state index in [1.165, 1.54) is 0 Å². The molecule has 96 valence electrons. The van der Waals surface area contributed by atoms with Gasteiger partial charge in [0.1, 0.15) is 5.82 Å². The Morgan fingerprint density at radius 3 is 2.74 bits per heavy atom. The summed E-state index contributed by atoms with van der Waals surface area (Å²) in [6, 6.07) is 13.3. The molecule has 0 aliphatic heterocycles. The number of hydrogen-bond acceptors (Lipinski definition) is 2. The Balaban J connectivity index is 1.78. The van der Waals surface area contributed by atoms with E-state index in [1.807, 2.05) is 30.3 Å². The Kier molecular flexibility index (Phi) is 3.32. The van der Waals surface area contributed by atoms with E-state index in [-0.39, 0.29) is 0 Å². The number of halogens is 2. The standard InChI is InChI=1S/C14H11Cl2N3/c15-9-5-6-11(10(16)7-9)17-8-14-18-12-3-1-2-4-13(12)19-14/h1-7,17H,8H2,(H,18,19). The lowest BCUT2D eigenvalue weighted by molar-refractivity contribution is 1.01. The van der Waals surface area contributed by atoms with Crippen LogP contribution in [0.15, 0.2) is 42.5 Å². The van der Waals surface area contributed by atoms with Gasteiger partial charge in [0.2, 0.25) is 0 Å². The lowest BCUT2D eigenvalue weighted by Crippen LogP contribution is -2.01. The number of fused-ring (bicyclic) bond motifs is 1. The zero-order chi connectivity index (χ0) is 13.2. The lowest BCUT2D eigenvalue weighted by atomic mass is 10.3. The minimum Gasteiger partial charge on any atom is -0.377 e. The first-order valence-electron chi connectivity index (χ1n) is 5.85. The highest BCUT2D eigenvalue weighted by Crippen LogP contribution is 2.25. The molecule has 19 heavy (non-hydrogen) atoms. The number of rotatable bonds is 3. The first kappa shape index (κ1) is 12.3. The van der Waals surface area contributed by atoms with Gasteiger partial charge in [0.15, 0.2) is 0 Å². The number of para-hydroxylation sites is 2. The van der Waals surface area contributed by atoms with Gasteiger partial charge in [-0.25, -0.2) is 4.98 Å². The third kappa shape index (κ3) is 2.67. The third-order valence-electron chi connectivity index (χ3n) is 2.82. The SMILES string of the molecule is Clc1ccc(NCc2nc3ccccc3[nH]2)c(Cl)c1. The molecule has 0 aliphatic carbocycles. The molecule has 0 spiro atoms. The highest BCUT2D eigenvalue weighted by atomic mass is 35.5. The average Bonchev–Trinajstić information content (AvgIpc) is 2.80. The van der Waals surface area contributed by atoms with E-state index in [9.17, 15) is 0 Å². The molecule has 0 fully saturated rings. The number of H-pyrrole nitrogens is 1. The average molecular weight is 292 g/mol. The zero-order valence-electron chi connectivity index (χ0n) is 9.95. The highest BCUT2D eigenvalue weighted by molar-refractivity contribution is 6.36. The molecule has 1 heterocycles. The second-order valence-corrected chi connectivity index (χ2v) is 5.02. The minimum atomic E-state index is 0.579. The molecule has 3 nitrogen and oxygen atoms in total. The van der Waals surface area contributed by atoms with Gasteiger partial charge in [-0.3, -0.25) is 0 Å². The summed E-state index contributed by atoms with van der Waals surface area (Å²) in [5.74, 6) is 0.868. The van der Waals surface area contributed by atoms with Gasteiger partial charge in [-0.2, -0.15) is 0 Å². The van der Waals surface area contributed by atoms with E-state index >= 15 is 0 Å². The van der Waals surface area contributed by atoms with Gasteiger partial charge in [-0.05, 0) is 30.3 Å². The van der Waals surface area contributed by atoms with Gasteiger partial charge in [0, 0.05) is 5.02 Å². The Labute approximate surface area is 120 Å². The summed E-state index contributed by atoms with van der Waals surface area (Å²) in [4.78, 5) is 7.74. The van der Waals surface area contributed by atoms with Crippen LogP contribution >= 0.6 is 23.2 Å². The maximum Gasteiger partial charge on any atom is 0.126 e. The molecule has 3 aromatic rings. The number of aromatic nitrogens is 2. The van der Waals surface area contributed by atoms with Crippen molar-refractivity contribution in [3.63, 3.8) is 0 Å². The van der Waals surface area contributed by atoms with Crippen LogP contribution in [0.5, 0.6) is 0 Å². The number of nitrogens with one attached hydrogen (secondary N) is 2. The van der Waals surface area contributed by atoms with Crippen LogP contribution in [0.25, 0.3) is 11.0 Å². The molecular weight excluding hydrogens is 281 g/mol. The Morgan fingerprint density at radius 1 is 1.11 bits per heavy atom. The quantitative estimate of drug-likeness (QED) is 0.747. The van der Waals surface area contributed by atoms with Crippen molar-refractivity contribution in [3.05, 3.63) is 58.3 Å². The van der Waals surface area contributed by atoms with Crippen LogP contribution in [-0.2, 0) is 6.54 Å². The molecule has 0 aliphatic rings. The zero-order valence-corrected chi connectivity index (χ0v) is 11.5. The molecule has 2 N–H and O–H groups in total. The molecule has 2 aromatic carbocycles. The van der Waals surface area contributed by atoms with Crippen LogP contribution in [0.3, 0.4) is 0 Å². The van der Waals surface area contributed by atoms with Crippen molar-refractivity contribution >= 4 is 39.9 Å². The number of benzene rings is 2. The largest absolute Gasteiger partial charge is 0.377 e. The van der Waals surface area contributed by atoms with E-state index in [1.54, 1.807) is 12.1 Å². The predicted molar refractivity (Wildman–Crippen MR) is 79.9 cm³/mol. The predicted octanol–water partition coefficient (Wildman–Crippen LogP) is 4.48. The summed E-state index contributed by atoms with van der Waals surface area (Å²) in [5, 5.41) is 4.46. The normalized spacial score (nSPS) is 10.8. The molecule has 0 amide bonds. The van der Waals surface area contributed by atoms with Gasteiger partial charge in [0.05, 0.1) is 28.3 Å². The van der Waals surface area contributed by atoms with Crippen LogP contribution in [-0.4, -0.2) is 9.97 Å². The molecule has 0 atom stereocenters. The van der Waals surface area contributed by atoms with Gasteiger partial charge in [-0.15, -0.1) is 0 Å². The molecule has 3 rings (SSSR count). The fraction of sp³-hybridized carbons (Fsp3) is 0.0714. The first-order valence-corrected chi connectivity index (χ1v) is 6.60. The van der Waals surface area contributed by atoms with Crippen molar-refractivity contribution in [2.75, 3.05) is 5.32 Å². The summed E-state index contributed by atoms with van der Waals surface area (Å²) >= 11 is 12.0. The molecule has 0 radical (unpaired) electrons. The second-order valence-electron chi connectivity index (χ2n) is 4.18. The number of imidazole rings is 1. The number of hydrogen-bond donors (Lipinski definition) is 2. The van der Waals surface area contributed by atoms with E-state index < -0.39 is 0 Å². The van der Waals surface area contributed by atoms with Crippen LogP contribution in [0.4, 0.5) is 5.69 Å². The summed E-state index contributed by atoms with van der Waals surface area (Å²) in [6.07, 6.45) is 0. The van der Waals surface area contributed by atoms with Gasteiger partial charge < -0.3 is 10.3 Å². The van der Waals surface area contributed by atoms with Crippen molar-refractivity contribution in [2.24, 2.45) is 0 Å². The molecule has 0 saturated carbocycles. The molecule has 5 heteroatoms. The third-order valence-corrected chi connectivity index (χ3v) is 3.36. The number of nitrogens with zero attached hydrogens (tertiary/aromatic N) is 1. The highest BCUT2D eigenvalue weighted by Gasteiger charge is 2.04. The topological polar surface area (TPSA) is 40.7 Å².